The van der Waals surface area contributed by atoms with E-state index in [4.69, 9.17) is 0 Å². The van der Waals surface area contributed by atoms with Crippen molar-refractivity contribution < 1.29 is 9.90 Å². The van der Waals surface area contributed by atoms with Crippen molar-refractivity contribution in [1.29, 1.82) is 0 Å². The maximum absolute atomic E-state index is 12.4. The van der Waals surface area contributed by atoms with Crippen LogP contribution in [0.4, 0.5) is 0 Å². The van der Waals surface area contributed by atoms with Crippen molar-refractivity contribution in [2.24, 2.45) is 0 Å². The molecule has 0 unspecified atom stereocenters. The van der Waals surface area contributed by atoms with Crippen molar-refractivity contribution in [2.45, 2.75) is 24.8 Å². The molecule has 0 spiro atoms. The average molecular weight is 303 g/mol. The summed E-state index contributed by atoms with van der Waals surface area (Å²) in [6.45, 7) is 8.61. The molecular weight excluding hydrogens is 282 g/mol. The molecule has 0 saturated carbocycles. The van der Waals surface area contributed by atoms with Crippen LogP contribution in [0.5, 0.6) is 0 Å². The second-order valence-electron chi connectivity index (χ2n) is 5.42. The first kappa shape index (κ1) is 15.9. The van der Waals surface area contributed by atoms with Crippen molar-refractivity contribution in [2.75, 3.05) is 19.3 Å². The van der Waals surface area contributed by atoms with Gasteiger partial charge in [-0.05, 0) is 55.0 Å². The molecule has 1 aromatic carbocycles. The first-order chi connectivity index (χ1) is 9.92. The Labute approximate surface area is 130 Å². The number of benzene rings is 1. The Kier molecular flexibility index (Phi) is 4.91. The van der Waals surface area contributed by atoms with Crippen LogP contribution in [0.2, 0.25) is 0 Å². The highest BCUT2D eigenvalue weighted by Gasteiger charge is 2.30. The molecule has 0 radical (unpaired) electrons. The van der Waals surface area contributed by atoms with Crippen LogP contribution >= 0.6 is 11.8 Å². The summed E-state index contributed by atoms with van der Waals surface area (Å²) >= 11 is 1.70. The third-order valence-electron chi connectivity index (χ3n) is 3.62. The SMILES string of the molecule is C=C(C)/C(=C\c1ccc(SC)cc1C)C(=O)N1CC(O)C1. The predicted molar refractivity (Wildman–Crippen MR) is 88.3 cm³/mol. The fourth-order valence-corrected chi connectivity index (χ4v) is 2.75. The maximum atomic E-state index is 12.4. The molecule has 1 N–H and O–H groups in total. The summed E-state index contributed by atoms with van der Waals surface area (Å²) in [5, 5.41) is 9.34. The van der Waals surface area contributed by atoms with E-state index in [9.17, 15) is 9.90 Å². The van der Waals surface area contributed by atoms with Gasteiger partial charge in [-0.25, -0.2) is 0 Å². The molecule has 1 aromatic rings. The van der Waals surface area contributed by atoms with Crippen LogP contribution in [0, 0.1) is 6.92 Å². The van der Waals surface area contributed by atoms with Gasteiger partial charge in [0.15, 0.2) is 0 Å². The number of hydrogen-bond acceptors (Lipinski definition) is 3. The smallest absolute Gasteiger partial charge is 0.254 e. The highest BCUT2D eigenvalue weighted by molar-refractivity contribution is 7.98. The van der Waals surface area contributed by atoms with E-state index in [2.05, 4.69) is 18.7 Å². The minimum absolute atomic E-state index is 0.0545. The van der Waals surface area contributed by atoms with E-state index in [0.29, 0.717) is 18.7 Å². The van der Waals surface area contributed by atoms with Gasteiger partial charge < -0.3 is 10.0 Å². The Hall–Kier alpha value is -1.52. The topological polar surface area (TPSA) is 40.5 Å². The quantitative estimate of drug-likeness (QED) is 0.528. The number of aryl methyl sites for hydroxylation is 1. The molecule has 1 aliphatic heterocycles. The lowest BCUT2D eigenvalue weighted by atomic mass is 9.99. The number of β-amino-alcohol motifs (C(OH)–C–C–N with tert-alkyl or cyclic N) is 1. The third-order valence-corrected chi connectivity index (χ3v) is 4.34. The molecule has 0 aromatic heterocycles. The van der Waals surface area contributed by atoms with E-state index in [0.717, 1.165) is 16.7 Å². The number of amides is 1. The van der Waals surface area contributed by atoms with Gasteiger partial charge in [-0.2, -0.15) is 0 Å². The lowest BCUT2D eigenvalue weighted by Gasteiger charge is -2.36. The molecule has 21 heavy (non-hydrogen) atoms. The van der Waals surface area contributed by atoms with Gasteiger partial charge in [0.05, 0.1) is 6.10 Å². The normalized spacial score (nSPS) is 15.8. The van der Waals surface area contributed by atoms with Crippen molar-refractivity contribution >= 4 is 23.7 Å². The van der Waals surface area contributed by atoms with Gasteiger partial charge in [-0.1, -0.05) is 12.6 Å². The van der Waals surface area contributed by atoms with Gasteiger partial charge in [-0.3, -0.25) is 4.79 Å². The van der Waals surface area contributed by atoms with Gasteiger partial charge in [-0.15, -0.1) is 11.8 Å². The molecule has 1 amide bonds. The molecule has 1 aliphatic rings. The Balaban J connectivity index is 2.29. The zero-order chi connectivity index (χ0) is 15.6. The van der Waals surface area contributed by atoms with E-state index >= 15 is 0 Å². The molecule has 4 heteroatoms. The molecule has 0 atom stereocenters. The summed E-state index contributed by atoms with van der Waals surface area (Å²) in [6, 6.07) is 6.20. The monoisotopic (exact) mass is 303 g/mol. The van der Waals surface area contributed by atoms with Crippen molar-refractivity contribution in [3.63, 3.8) is 0 Å². The second-order valence-corrected chi connectivity index (χ2v) is 6.30. The molecule has 0 bridgehead atoms. The summed E-state index contributed by atoms with van der Waals surface area (Å²) in [4.78, 5) is 15.3. The number of rotatable bonds is 4. The van der Waals surface area contributed by atoms with Crippen LogP contribution in [0.15, 0.2) is 40.8 Å². The molecular formula is C17H21NO2S. The van der Waals surface area contributed by atoms with Crippen molar-refractivity contribution in [3.8, 4) is 0 Å². The van der Waals surface area contributed by atoms with Crippen LogP contribution in [0.1, 0.15) is 18.1 Å². The van der Waals surface area contributed by atoms with E-state index < -0.39 is 0 Å². The first-order valence-corrected chi connectivity index (χ1v) is 8.14. The Morgan fingerprint density at radius 1 is 1.48 bits per heavy atom. The largest absolute Gasteiger partial charge is 0.389 e. The van der Waals surface area contributed by atoms with E-state index in [1.54, 1.807) is 16.7 Å². The van der Waals surface area contributed by atoms with Gasteiger partial charge in [0.25, 0.3) is 5.91 Å². The van der Waals surface area contributed by atoms with Gasteiger partial charge in [0.2, 0.25) is 0 Å². The van der Waals surface area contributed by atoms with E-state index in [1.165, 1.54) is 4.90 Å². The number of carbonyl (C=O) groups excluding carboxylic acids is 1. The summed E-state index contributed by atoms with van der Waals surface area (Å²) < 4.78 is 0. The number of aliphatic hydroxyl groups excluding tert-OH is 1. The summed E-state index contributed by atoms with van der Waals surface area (Å²) in [7, 11) is 0. The predicted octanol–water partition coefficient (Wildman–Crippen LogP) is 2.88. The number of likely N-dealkylation sites (tertiary alicyclic amines) is 1. The van der Waals surface area contributed by atoms with Crippen LogP contribution < -0.4 is 0 Å². The third kappa shape index (κ3) is 3.57. The zero-order valence-corrected chi connectivity index (χ0v) is 13.5. The fourth-order valence-electron chi connectivity index (χ4n) is 2.25. The van der Waals surface area contributed by atoms with E-state index in [1.807, 2.05) is 32.2 Å². The number of hydrogen-bond donors (Lipinski definition) is 1. The van der Waals surface area contributed by atoms with Crippen LogP contribution in [0.3, 0.4) is 0 Å². The van der Waals surface area contributed by atoms with Gasteiger partial charge >= 0.3 is 0 Å². The standard InChI is InChI=1S/C17H21NO2S/c1-11(2)16(17(20)18-9-14(19)10-18)8-13-5-6-15(21-4)7-12(13)3/h5-8,14,19H,1,9-10H2,2-4H3/b16-8+. The zero-order valence-electron chi connectivity index (χ0n) is 12.7. The van der Waals surface area contributed by atoms with Crippen molar-refractivity contribution in [1.82, 2.24) is 4.90 Å². The highest BCUT2D eigenvalue weighted by atomic mass is 32.2. The van der Waals surface area contributed by atoms with Gasteiger partial charge in [0.1, 0.15) is 0 Å². The Bertz CT molecular complexity index is 601. The molecule has 1 fully saturated rings. The summed E-state index contributed by atoms with van der Waals surface area (Å²) in [5.41, 5.74) is 3.52. The van der Waals surface area contributed by atoms with Crippen LogP contribution in [-0.4, -0.2) is 41.4 Å². The summed E-state index contributed by atoms with van der Waals surface area (Å²) in [5.74, 6) is -0.0545. The first-order valence-electron chi connectivity index (χ1n) is 6.92. The molecule has 112 valence electrons. The number of thioether (sulfide) groups is 1. The minimum Gasteiger partial charge on any atom is -0.389 e. The fraction of sp³-hybridized carbons (Fsp3) is 0.353. The molecule has 1 heterocycles. The molecule has 3 nitrogen and oxygen atoms in total. The lowest BCUT2D eigenvalue weighted by molar-refractivity contribution is -0.136. The minimum atomic E-state index is -0.386. The highest BCUT2D eigenvalue weighted by Crippen LogP contribution is 2.24. The number of aliphatic hydroxyl groups is 1. The van der Waals surface area contributed by atoms with Crippen molar-refractivity contribution in [3.05, 3.63) is 47.1 Å². The number of carbonyl (C=O) groups is 1. The van der Waals surface area contributed by atoms with Crippen LogP contribution in [-0.2, 0) is 4.79 Å². The number of nitrogens with zero attached hydrogens (tertiary/aromatic N) is 1. The van der Waals surface area contributed by atoms with E-state index in [-0.39, 0.29) is 12.0 Å². The van der Waals surface area contributed by atoms with Crippen LogP contribution in [0.25, 0.3) is 6.08 Å². The maximum Gasteiger partial charge on any atom is 0.254 e. The molecule has 0 aliphatic carbocycles. The second kappa shape index (κ2) is 6.50. The molecule has 2 rings (SSSR count). The summed E-state index contributed by atoms with van der Waals surface area (Å²) in [6.07, 6.45) is 3.56. The Morgan fingerprint density at radius 3 is 2.62 bits per heavy atom. The van der Waals surface area contributed by atoms with Gasteiger partial charge in [0, 0.05) is 23.6 Å². The Morgan fingerprint density at radius 2 is 2.14 bits per heavy atom. The molecule has 1 saturated heterocycles. The lowest BCUT2D eigenvalue weighted by Crippen LogP contribution is -2.53. The average Bonchev–Trinajstić information content (AvgIpc) is 2.41.